The van der Waals surface area contributed by atoms with Gasteiger partial charge in [0.1, 0.15) is 6.10 Å². The number of hydrogen-bond acceptors (Lipinski definition) is 2. The molecular formula is C8H12O2. The summed E-state index contributed by atoms with van der Waals surface area (Å²) in [5, 5.41) is 8.50. The van der Waals surface area contributed by atoms with Gasteiger partial charge in [-0.05, 0) is 36.7 Å². The lowest BCUT2D eigenvalue weighted by atomic mass is 9.94. The van der Waals surface area contributed by atoms with Crippen LogP contribution >= 0.6 is 0 Å². The standard InChI is InChI=1S/C8H12O2/c1-5-6-2-3-7(4-6)8(5)10-9/h6-9H,1-4H2/t6-,7+,8-/m1/s1. The Balaban J connectivity index is 2.17. The fraction of sp³-hybridized carbons (Fsp3) is 0.750. The zero-order valence-corrected chi connectivity index (χ0v) is 5.92. The molecule has 0 aromatic rings. The van der Waals surface area contributed by atoms with Gasteiger partial charge in [-0.1, -0.05) is 6.58 Å². The van der Waals surface area contributed by atoms with Crippen molar-refractivity contribution >= 4 is 0 Å². The van der Waals surface area contributed by atoms with E-state index in [9.17, 15) is 0 Å². The van der Waals surface area contributed by atoms with E-state index < -0.39 is 0 Å². The van der Waals surface area contributed by atoms with E-state index >= 15 is 0 Å². The summed E-state index contributed by atoms with van der Waals surface area (Å²) < 4.78 is 0. The summed E-state index contributed by atoms with van der Waals surface area (Å²) in [5.74, 6) is 1.20. The largest absolute Gasteiger partial charge is 0.251 e. The van der Waals surface area contributed by atoms with Gasteiger partial charge in [-0.3, -0.25) is 5.26 Å². The average Bonchev–Trinajstić information content (AvgIpc) is 2.46. The minimum atomic E-state index is -0.0428. The van der Waals surface area contributed by atoms with Gasteiger partial charge in [0.25, 0.3) is 0 Å². The molecule has 0 heterocycles. The van der Waals surface area contributed by atoms with E-state index in [4.69, 9.17) is 5.26 Å². The molecule has 0 spiro atoms. The third-order valence-corrected chi connectivity index (χ3v) is 2.90. The van der Waals surface area contributed by atoms with Crippen molar-refractivity contribution in [2.45, 2.75) is 25.4 Å². The second-order valence-corrected chi connectivity index (χ2v) is 3.37. The van der Waals surface area contributed by atoms with Gasteiger partial charge in [0.15, 0.2) is 0 Å². The summed E-state index contributed by atoms with van der Waals surface area (Å²) in [6.07, 6.45) is 3.60. The highest BCUT2D eigenvalue weighted by Gasteiger charge is 2.43. The van der Waals surface area contributed by atoms with Gasteiger partial charge in [0.05, 0.1) is 0 Å². The SMILES string of the molecule is C=C1[C@@H]2CC[C@@H](C2)[C@@H]1OO. The predicted octanol–water partition coefficient (Wildman–Crippen LogP) is 1.83. The molecule has 2 aliphatic rings. The highest BCUT2D eigenvalue weighted by Crippen LogP contribution is 2.48. The molecule has 0 aromatic carbocycles. The van der Waals surface area contributed by atoms with Gasteiger partial charge >= 0.3 is 0 Å². The van der Waals surface area contributed by atoms with E-state index in [1.165, 1.54) is 19.3 Å². The Kier molecular flexibility index (Phi) is 1.32. The first-order valence-corrected chi connectivity index (χ1v) is 3.82. The Labute approximate surface area is 60.4 Å². The molecule has 10 heavy (non-hydrogen) atoms. The van der Waals surface area contributed by atoms with Crippen molar-refractivity contribution in [1.82, 2.24) is 0 Å². The van der Waals surface area contributed by atoms with Gasteiger partial charge in [0.2, 0.25) is 0 Å². The second-order valence-electron chi connectivity index (χ2n) is 3.37. The van der Waals surface area contributed by atoms with Crippen molar-refractivity contribution in [2.75, 3.05) is 0 Å². The highest BCUT2D eigenvalue weighted by molar-refractivity contribution is 5.19. The predicted molar refractivity (Wildman–Crippen MR) is 37.5 cm³/mol. The maximum atomic E-state index is 8.50. The van der Waals surface area contributed by atoms with E-state index in [1.54, 1.807) is 0 Å². The molecule has 0 aromatic heterocycles. The lowest BCUT2D eigenvalue weighted by Gasteiger charge is -2.20. The number of fused-ring (bicyclic) bond motifs is 2. The van der Waals surface area contributed by atoms with Crippen LogP contribution in [0.4, 0.5) is 0 Å². The van der Waals surface area contributed by atoms with E-state index in [-0.39, 0.29) is 6.10 Å². The molecule has 0 radical (unpaired) electrons. The zero-order valence-electron chi connectivity index (χ0n) is 5.92. The maximum Gasteiger partial charge on any atom is 0.117 e. The van der Waals surface area contributed by atoms with Crippen LogP contribution in [0, 0.1) is 11.8 Å². The molecule has 0 unspecified atom stereocenters. The Hall–Kier alpha value is -0.340. The van der Waals surface area contributed by atoms with E-state index in [1.807, 2.05) is 0 Å². The van der Waals surface area contributed by atoms with Gasteiger partial charge < -0.3 is 0 Å². The smallest absolute Gasteiger partial charge is 0.117 e. The Morgan fingerprint density at radius 1 is 1.50 bits per heavy atom. The Bertz CT molecular complexity index is 165. The normalized spacial score (nSPS) is 44.9. The quantitative estimate of drug-likeness (QED) is 0.342. The van der Waals surface area contributed by atoms with E-state index in [0.29, 0.717) is 11.8 Å². The van der Waals surface area contributed by atoms with Crippen molar-refractivity contribution in [2.24, 2.45) is 11.8 Å². The van der Waals surface area contributed by atoms with Crippen LogP contribution < -0.4 is 0 Å². The third kappa shape index (κ3) is 0.662. The van der Waals surface area contributed by atoms with Crippen molar-refractivity contribution in [3.05, 3.63) is 12.2 Å². The van der Waals surface area contributed by atoms with E-state index in [2.05, 4.69) is 11.5 Å². The maximum absolute atomic E-state index is 8.50. The molecule has 3 atom stereocenters. The topological polar surface area (TPSA) is 29.5 Å². The molecule has 2 rings (SSSR count). The first-order chi connectivity index (χ1) is 4.83. The van der Waals surface area contributed by atoms with Gasteiger partial charge in [-0.15, -0.1) is 0 Å². The fourth-order valence-electron chi connectivity index (χ4n) is 2.32. The summed E-state index contributed by atoms with van der Waals surface area (Å²) in [6.45, 7) is 3.90. The van der Waals surface area contributed by atoms with Crippen molar-refractivity contribution < 1.29 is 10.1 Å². The molecule has 2 bridgehead atoms. The van der Waals surface area contributed by atoms with Crippen LogP contribution in [0.25, 0.3) is 0 Å². The first-order valence-electron chi connectivity index (χ1n) is 3.82. The molecule has 0 saturated heterocycles. The van der Waals surface area contributed by atoms with Crippen LogP contribution in [-0.2, 0) is 4.89 Å². The molecule has 2 nitrogen and oxygen atoms in total. The van der Waals surface area contributed by atoms with Gasteiger partial charge in [-0.2, -0.15) is 0 Å². The van der Waals surface area contributed by atoms with Crippen molar-refractivity contribution in [3.8, 4) is 0 Å². The van der Waals surface area contributed by atoms with Crippen molar-refractivity contribution in [3.63, 3.8) is 0 Å². The highest BCUT2D eigenvalue weighted by atomic mass is 17.1. The zero-order chi connectivity index (χ0) is 7.14. The third-order valence-electron chi connectivity index (χ3n) is 2.90. The van der Waals surface area contributed by atoms with Crippen LogP contribution in [0.2, 0.25) is 0 Å². The second kappa shape index (κ2) is 2.07. The molecule has 1 N–H and O–H groups in total. The average molecular weight is 140 g/mol. The molecule has 2 saturated carbocycles. The Morgan fingerprint density at radius 3 is 2.70 bits per heavy atom. The Morgan fingerprint density at radius 2 is 2.30 bits per heavy atom. The van der Waals surface area contributed by atoms with Gasteiger partial charge in [0, 0.05) is 0 Å². The molecule has 56 valence electrons. The molecular weight excluding hydrogens is 128 g/mol. The van der Waals surface area contributed by atoms with Crippen LogP contribution in [-0.4, -0.2) is 11.4 Å². The summed E-state index contributed by atoms with van der Waals surface area (Å²) in [7, 11) is 0. The number of hydrogen-bond donors (Lipinski definition) is 1. The minimum absolute atomic E-state index is 0.0428. The lowest BCUT2D eigenvalue weighted by Crippen LogP contribution is -2.20. The molecule has 0 amide bonds. The van der Waals surface area contributed by atoms with Crippen LogP contribution in [0.15, 0.2) is 12.2 Å². The van der Waals surface area contributed by atoms with Crippen LogP contribution in [0.3, 0.4) is 0 Å². The van der Waals surface area contributed by atoms with Crippen LogP contribution in [0.1, 0.15) is 19.3 Å². The monoisotopic (exact) mass is 140 g/mol. The van der Waals surface area contributed by atoms with Crippen LogP contribution in [0.5, 0.6) is 0 Å². The molecule has 0 aliphatic heterocycles. The lowest BCUT2D eigenvalue weighted by molar-refractivity contribution is -0.277. The van der Waals surface area contributed by atoms with Gasteiger partial charge in [-0.25, -0.2) is 4.89 Å². The molecule has 2 fully saturated rings. The number of rotatable bonds is 1. The first kappa shape index (κ1) is 6.38. The molecule has 2 aliphatic carbocycles. The summed E-state index contributed by atoms with van der Waals surface area (Å²) in [6, 6.07) is 0. The summed E-state index contributed by atoms with van der Waals surface area (Å²) in [5.41, 5.74) is 1.11. The molecule has 2 heteroatoms. The summed E-state index contributed by atoms with van der Waals surface area (Å²) >= 11 is 0. The summed E-state index contributed by atoms with van der Waals surface area (Å²) in [4.78, 5) is 4.36. The minimum Gasteiger partial charge on any atom is -0.251 e. The van der Waals surface area contributed by atoms with Crippen molar-refractivity contribution in [1.29, 1.82) is 0 Å². The fourth-order valence-corrected chi connectivity index (χ4v) is 2.32. The van der Waals surface area contributed by atoms with E-state index in [0.717, 1.165) is 5.57 Å².